The van der Waals surface area contributed by atoms with E-state index in [0.29, 0.717) is 22.8 Å². The third kappa shape index (κ3) is 4.45. The van der Waals surface area contributed by atoms with E-state index in [-0.39, 0.29) is 24.4 Å². The summed E-state index contributed by atoms with van der Waals surface area (Å²) in [4.78, 5) is 28.6. The highest BCUT2D eigenvalue weighted by Crippen LogP contribution is 2.31. The molecule has 0 spiro atoms. The summed E-state index contributed by atoms with van der Waals surface area (Å²) in [6.45, 7) is 0.0588. The lowest BCUT2D eigenvalue weighted by Crippen LogP contribution is -2.30. The maximum Gasteiger partial charge on any atom is 0.416 e. The van der Waals surface area contributed by atoms with Gasteiger partial charge in [-0.15, -0.1) is 0 Å². The third-order valence-electron chi connectivity index (χ3n) is 4.70. The van der Waals surface area contributed by atoms with E-state index >= 15 is 0 Å². The number of dihydropyridines is 1. The molecular formula is C21H19F3N2O4. The van der Waals surface area contributed by atoms with Crippen molar-refractivity contribution in [3.05, 3.63) is 70.7 Å². The zero-order valence-corrected chi connectivity index (χ0v) is 16.2. The predicted octanol–water partition coefficient (Wildman–Crippen LogP) is 3.42. The second kappa shape index (κ2) is 8.56. The molecule has 0 fully saturated rings. The van der Waals surface area contributed by atoms with Crippen molar-refractivity contribution in [3.63, 3.8) is 0 Å². The van der Waals surface area contributed by atoms with Gasteiger partial charge in [0.15, 0.2) is 0 Å². The van der Waals surface area contributed by atoms with E-state index < -0.39 is 23.6 Å². The van der Waals surface area contributed by atoms with Crippen molar-refractivity contribution in [2.75, 3.05) is 20.8 Å². The molecule has 0 saturated carbocycles. The molecule has 0 radical (unpaired) electrons. The molecule has 0 bridgehead atoms. The van der Waals surface area contributed by atoms with Gasteiger partial charge in [-0.25, -0.2) is 4.99 Å². The van der Waals surface area contributed by atoms with E-state index in [1.54, 1.807) is 18.2 Å². The monoisotopic (exact) mass is 420 g/mol. The summed E-state index contributed by atoms with van der Waals surface area (Å²) >= 11 is 0. The number of hydrogen-bond donors (Lipinski definition) is 1. The van der Waals surface area contributed by atoms with Crippen molar-refractivity contribution in [2.45, 2.75) is 12.6 Å². The Morgan fingerprint density at radius 2 is 1.97 bits per heavy atom. The van der Waals surface area contributed by atoms with Gasteiger partial charge in [-0.05, 0) is 36.8 Å². The van der Waals surface area contributed by atoms with Crippen LogP contribution in [0.4, 0.5) is 13.2 Å². The van der Waals surface area contributed by atoms with Gasteiger partial charge in [-0.1, -0.05) is 12.1 Å². The molecule has 2 aliphatic rings. The van der Waals surface area contributed by atoms with Crippen LogP contribution in [0.15, 0.2) is 64.6 Å². The van der Waals surface area contributed by atoms with Gasteiger partial charge >= 0.3 is 6.18 Å². The van der Waals surface area contributed by atoms with Gasteiger partial charge in [-0.2, -0.15) is 13.2 Å². The third-order valence-corrected chi connectivity index (χ3v) is 4.70. The summed E-state index contributed by atoms with van der Waals surface area (Å²) in [5, 5.41) is 2.53. The molecule has 9 heteroatoms. The highest BCUT2D eigenvalue weighted by Gasteiger charge is 2.33. The molecule has 1 aromatic rings. The number of fused-ring (bicyclic) bond motifs is 1. The number of carbonyl (C=O) groups is 2. The van der Waals surface area contributed by atoms with E-state index in [9.17, 15) is 22.8 Å². The fraction of sp³-hybridized carbons (Fsp3) is 0.286. The average Bonchev–Trinajstić information content (AvgIpc) is 2.72. The lowest BCUT2D eigenvalue weighted by Gasteiger charge is -2.26. The van der Waals surface area contributed by atoms with E-state index in [1.807, 2.05) is 0 Å². The van der Waals surface area contributed by atoms with Gasteiger partial charge < -0.3 is 14.8 Å². The zero-order valence-electron chi connectivity index (χ0n) is 16.2. The highest BCUT2D eigenvalue weighted by molar-refractivity contribution is 6.15. The van der Waals surface area contributed by atoms with Gasteiger partial charge in [0, 0.05) is 17.7 Å². The van der Waals surface area contributed by atoms with Crippen LogP contribution in [0, 0.1) is 5.92 Å². The minimum Gasteiger partial charge on any atom is -0.500 e. The Hall–Kier alpha value is -3.36. The Balaban J connectivity index is 1.66. The van der Waals surface area contributed by atoms with Crippen LogP contribution >= 0.6 is 0 Å². The maximum absolute atomic E-state index is 12.8. The first kappa shape index (κ1) is 21.4. The number of halogens is 3. The Labute approximate surface area is 170 Å². The van der Waals surface area contributed by atoms with Crippen molar-refractivity contribution in [1.29, 1.82) is 0 Å². The number of allylic oxidation sites excluding steroid dienone is 4. The maximum atomic E-state index is 12.8. The lowest BCUT2D eigenvalue weighted by atomic mass is 9.89. The summed E-state index contributed by atoms with van der Waals surface area (Å²) in [6, 6.07) is 4.14. The number of aliphatic imine (C=N–C) groups is 1. The summed E-state index contributed by atoms with van der Waals surface area (Å²) in [5.41, 5.74) is -0.201. The van der Waals surface area contributed by atoms with Crippen molar-refractivity contribution in [1.82, 2.24) is 5.32 Å². The van der Waals surface area contributed by atoms with Crippen LogP contribution in [0.2, 0.25) is 0 Å². The van der Waals surface area contributed by atoms with E-state index in [1.165, 1.54) is 26.4 Å². The molecule has 158 valence electrons. The normalized spacial score (nSPS) is 18.4. The smallest absolute Gasteiger partial charge is 0.416 e. The number of nitrogens with zero attached hydrogens (tertiary/aromatic N) is 1. The number of carbonyl (C=O) groups excluding carboxylic acids is 2. The minimum atomic E-state index is -4.53. The SMILES string of the molecule is COC1=CC=C(OC)C2C=C(CCNC(=O)c3cccc(C(F)(F)F)c3)C(=O)N=C12. The second-order valence-electron chi connectivity index (χ2n) is 6.56. The highest BCUT2D eigenvalue weighted by atomic mass is 19.4. The van der Waals surface area contributed by atoms with Crippen LogP contribution in [-0.4, -0.2) is 38.3 Å². The summed E-state index contributed by atoms with van der Waals surface area (Å²) < 4.78 is 49.0. The fourth-order valence-corrected chi connectivity index (χ4v) is 3.18. The first-order chi connectivity index (χ1) is 14.2. The summed E-state index contributed by atoms with van der Waals surface area (Å²) in [5.74, 6) is -0.458. The quantitative estimate of drug-likeness (QED) is 0.765. The number of ether oxygens (including phenoxy) is 2. The standard InChI is InChI=1S/C21H19F3N2O4/c1-29-16-6-7-17(30-2)18-15(16)11-13(20(28)26-18)8-9-25-19(27)12-4-3-5-14(10-12)21(22,23)24/h3-7,10-11,15H,8-9H2,1-2H3,(H,25,27). The number of amides is 2. The van der Waals surface area contributed by atoms with Crippen LogP contribution in [-0.2, 0) is 20.4 Å². The number of nitrogens with one attached hydrogen (secondary N) is 1. The molecule has 1 heterocycles. The predicted molar refractivity (Wildman–Crippen MR) is 103 cm³/mol. The second-order valence-corrected chi connectivity index (χ2v) is 6.56. The molecule has 1 atom stereocenters. The van der Waals surface area contributed by atoms with Crippen molar-refractivity contribution in [3.8, 4) is 0 Å². The van der Waals surface area contributed by atoms with Crippen LogP contribution in [0.1, 0.15) is 22.3 Å². The first-order valence-electron chi connectivity index (χ1n) is 9.04. The molecule has 0 saturated heterocycles. The molecule has 1 aliphatic carbocycles. The Bertz CT molecular complexity index is 990. The van der Waals surface area contributed by atoms with Crippen LogP contribution in [0.5, 0.6) is 0 Å². The molecule has 1 unspecified atom stereocenters. The van der Waals surface area contributed by atoms with E-state index in [0.717, 1.165) is 12.1 Å². The minimum absolute atomic E-state index is 0.0588. The number of methoxy groups -OCH3 is 2. The van der Waals surface area contributed by atoms with Crippen LogP contribution < -0.4 is 5.32 Å². The van der Waals surface area contributed by atoms with Gasteiger partial charge in [0.05, 0.1) is 25.7 Å². The molecule has 30 heavy (non-hydrogen) atoms. The molecule has 1 aliphatic heterocycles. The molecule has 0 aromatic heterocycles. The lowest BCUT2D eigenvalue weighted by molar-refractivity contribution is -0.137. The van der Waals surface area contributed by atoms with Gasteiger partial charge in [0.25, 0.3) is 11.8 Å². The van der Waals surface area contributed by atoms with Crippen molar-refractivity contribution in [2.24, 2.45) is 10.9 Å². The summed E-state index contributed by atoms with van der Waals surface area (Å²) in [6.07, 6.45) is 0.715. The van der Waals surface area contributed by atoms with Crippen molar-refractivity contribution >= 4 is 17.5 Å². The topological polar surface area (TPSA) is 77.0 Å². The molecule has 2 amide bonds. The Morgan fingerprint density at radius 3 is 2.63 bits per heavy atom. The number of alkyl halides is 3. The van der Waals surface area contributed by atoms with Crippen LogP contribution in [0.25, 0.3) is 0 Å². The Morgan fingerprint density at radius 1 is 1.20 bits per heavy atom. The number of rotatable bonds is 6. The first-order valence-corrected chi connectivity index (χ1v) is 9.04. The summed E-state index contributed by atoms with van der Waals surface area (Å²) in [7, 11) is 2.98. The van der Waals surface area contributed by atoms with Crippen molar-refractivity contribution < 1.29 is 32.2 Å². The van der Waals surface area contributed by atoms with Crippen LogP contribution in [0.3, 0.4) is 0 Å². The largest absolute Gasteiger partial charge is 0.500 e. The fourth-order valence-electron chi connectivity index (χ4n) is 3.18. The van der Waals surface area contributed by atoms with E-state index in [4.69, 9.17) is 9.47 Å². The molecule has 6 nitrogen and oxygen atoms in total. The molecular weight excluding hydrogens is 401 g/mol. The molecule has 1 aromatic carbocycles. The van der Waals surface area contributed by atoms with E-state index in [2.05, 4.69) is 10.3 Å². The number of benzene rings is 1. The van der Waals surface area contributed by atoms with Gasteiger partial charge in [0.1, 0.15) is 17.2 Å². The zero-order chi connectivity index (χ0) is 21.9. The molecule has 1 N–H and O–H groups in total. The Kier molecular flexibility index (Phi) is 6.09. The molecule has 3 rings (SSSR count). The van der Waals surface area contributed by atoms with Gasteiger partial charge in [0.2, 0.25) is 0 Å². The van der Waals surface area contributed by atoms with Gasteiger partial charge in [-0.3, -0.25) is 9.59 Å². The number of hydrogen-bond acceptors (Lipinski definition) is 4. The average molecular weight is 420 g/mol.